The Morgan fingerprint density at radius 2 is 2.16 bits per heavy atom. The van der Waals surface area contributed by atoms with Crippen molar-refractivity contribution in [3.8, 4) is 0 Å². The molecule has 5 heteroatoms. The minimum Gasteiger partial charge on any atom is -0.322 e. The monoisotopic (exact) mass is 325 g/mol. The van der Waals surface area contributed by atoms with Crippen LogP contribution < -0.4 is 5.73 Å². The SMILES string of the molecule is CCn1nc(C)cc1C(N)Cc1cc(F)ccc1Br. The third kappa shape index (κ3) is 3.22. The number of aromatic nitrogens is 2. The smallest absolute Gasteiger partial charge is 0.123 e. The van der Waals surface area contributed by atoms with Gasteiger partial charge in [-0.15, -0.1) is 0 Å². The normalized spacial score (nSPS) is 12.7. The van der Waals surface area contributed by atoms with Crippen LogP contribution in [-0.4, -0.2) is 9.78 Å². The minimum absolute atomic E-state index is 0.195. The molecule has 0 bridgehead atoms. The molecule has 1 aromatic carbocycles. The Balaban J connectivity index is 2.25. The molecule has 19 heavy (non-hydrogen) atoms. The second kappa shape index (κ2) is 5.84. The van der Waals surface area contributed by atoms with E-state index in [2.05, 4.69) is 21.0 Å². The van der Waals surface area contributed by atoms with Gasteiger partial charge in [0.1, 0.15) is 5.82 Å². The molecule has 1 atom stereocenters. The molecule has 2 rings (SSSR count). The molecule has 3 nitrogen and oxygen atoms in total. The molecule has 0 aliphatic carbocycles. The third-order valence-corrected chi connectivity index (χ3v) is 3.83. The second-order valence-corrected chi connectivity index (χ2v) is 5.43. The largest absolute Gasteiger partial charge is 0.322 e. The van der Waals surface area contributed by atoms with E-state index in [9.17, 15) is 4.39 Å². The van der Waals surface area contributed by atoms with Crippen molar-refractivity contribution in [3.05, 3.63) is 51.5 Å². The first kappa shape index (κ1) is 14.2. The summed E-state index contributed by atoms with van der Waals surface area (Å²) in [6.07, 6.45) is 0.573. The molecule has 2 N–H and O–H groups in total. The van der Waals surface area contributed by atoms with Crippen LogP contribution in [0.3, 0.4) is 0 Å². The van der Waals surface area contributed by atoms with Crippen molar-refractivity contribution in [1.29, 1.82) is 0 Å². The molecular weight excluding hydrogens is 309 g/mol. The molecule has 0 saturated carbocycles. The van der Waals surface area contributed by atoms with E-state index in [1.54, 1.807) is 6.07 Å². The Morgan fingerprint density at radius 3 is 2.84 bits per heavy atom. The number of hydrogen-bond acceptors (Lipinski definition) is 2. The molecule has 2 aromatic rings. The lowest BCUT2D eigenvalue weighted by atomic mass is 10.0. The Labute approximate surface area is 120 Å². The molecule has 1 heterocycles. The first-order valence-electron chi connectivity index (χ1n) is 6.25. The lowest BCUT2D eigenvalue weighted by Gasteiger charge is -2.14. The highest BCUT2D eigenvalue weighted by molar-refractivity contribution is 9.10. The van der Waals surface area contributed by atoms with Crippen molar-refractivity contribution in [2.45, 2.75) is 32.9 Å². The van der Waals surface area contributed by atoms with Gasteiger partial charge in [-0.25, -0.2) is 4.39 Å². The first-order chi connectivity index (χ1) is 9.01. The number of nitrogens with zero attached hydrogens (tertiary/aromatic N) is 2. The molecular formula is C14H17BrFN3. The second-order valence-electron chi connectivity index (χ2n) is 4.57. The molecule has 0 saturated heterocycles. The molecule has 0 aliphatic heterocycles. The summed E-state index contributed by atoms with van der Waals surface area (Å²) in [6, 6.07) is 6.45. The van der Waals surface area contributed by atoms with Crippen LogP contribution in [0.25, 0.3) is 0 Å². The summed E-state index contributed by atoms with van der Waals surface area (Å²) in [5.74, 6) is -0.245. The summed E-state index contributed by atoms with van der Waals surface area (Å²) >= 11 is 3.43. The highest BCUT2D eigenvalue weighted by Crippen LogP contribution is 2.24. The molecule has 0 spiro atoms. The van der Waals surface area contributed by atoms with Crippen molar-refractivity contribution in [1.82, 2.24) is 9.78 Å². The van der Waals surface area contributed by atoms with Crippen molar-refractivity contribution >= 4 is 15.9 Å². The lowest BCUT2D eigenvalue weighted by molar-refractivity contribution is 0.563. The van der Waals surface area contributed by atoms with Gasteiger partial charge in [0.15, 0.2) is 0 Å². The van der Waals surface area contributed by atoms with Crippen LogP contribution in [0.4, 0.5) is 4.39 Å². The molecule has 102 valence electrons. The Morgan fingerprint density at radius 1 is 1.42 bits per heavy atom. The van der Waals surface area contributed by atoms with Gasteiger partial charge in [-0.1, -0.05) is 15.9 Å². The van der Waals surface area contributed by atoms with E-state index in [0.29, 0.717) is 6.42 Å². The highest BCUT2D eigenvalue weighted by atomic mass is 79.9. The van der Waals surface area contributed by atoms with Crippen LogP contribution in [0.1, 0.15) is 29.9 Å². The molecule has 0 aliphatic rings. The molecule has 0 radical (unpaired) electrons. The number of aryl methyl sites for hydroxylation is 2. The van der Waals surface area contributed by atoms with Crippen LogP contribution in [0, 0.1) is 12.7 Å². The van der Waals surface area contributed by atoms with E-state index in [-0.39, 0.29) is 11.9 Å². The summed E-state index contributed by atoms with van der Waals surface area (Å²) in [7, 11) is 0. The van der Waals surface area contributed by atoms with E-state index < -0.39 is 0 Å². The molecule has 1 aromatic heterocycles. The maximum absolute atomic E-state index is 13.3. The van der Waals surface area contributed by atoms with Gasteiger partial charge in [0.25, 0.3) is 0 Å². The van der Waals surface area contributed by atoms with E-state index in [4.69, 9.17) is 5.73 Å². The number of hydrogen-bond donors (Lipinski definition) is 1. The number of rotatable bonds is 4. The average molecular weight is 326 g/mol. The van der Waals surface area contributed by atoms with Crippen LogP contribution >= 0.6 is 15.9 Å². The molecule has 1 unspecified atom stereocenters. The van der Waals surface area contributed by atoms with Crippen molar-refractivity contribution < 1.29 is 4.39 Å². The van der Waals surface area contributed by atoms with Gasteiger partial charge < -0.3 is 5.73 Å². The minimum atomic E-state index is -0.245. The summed E-state index contributed by atoms with van der Waals surface area (Å²) in [4.78, 5) is 0. The van der Waals surface area contributed by atoms with Gasteiger partial charge in [0.05, 0.1) is 17.4 Å². The number of nitrogens with two attached hydrogens (primary N) is 1. The summed E-state index contributed by atoms with van der Waals surface area (Å²) in [5.41, 5.74) is 9.03. The predicted molar refractivity (Wildman–Crippen MR) is 77.4 cm³/mol. The van der Waals surface area contributed by atoms with Crippen LogP contribution in [-0.2, 0) is 13.0 Å². The van der Waals surface area contributed by atoms with Crippen LogP contribution in [0.5, 0.6) is 0 Å². The quantitative estimate of drug-likeness (QED) is 0.936. The zero-order chi connectivity index (χ0) is 14.0. The molecule has 0 fully saturated rings. The zero-order valence-electron chi connectivity index (χ0n) is 11.0. The standard InChI is InChI=1S/C14H17BrFN3/c1-3-19-14(6-9(2)18-19)13(17)8-10-7-11(16)4-5-12(10)15/h4-7,13H,3,8,17H2,1-2H3. The van der Waals surface area contributed by atoms with Gasteiger partial charge in [-0.05, 0) is 50.1 Å². The van der Waals surface area contributed by atoms with E-state index >= 15 is 0 Å². The lowest BCUT2D eigenvalue weighted by Crippen LogP contribution is -2.18. The molecule has 0 amide bonds. The fraction of sp³-hybridized carbons (Fsp3) is 0.357. The predicted octanol–water partition coefficient (Wildman–Crippen LogP) is 3.36. The number of benzene rings is 1. The van der Waals surface area contributed by atoms with Crippen LogP contribution in [0.2, 0.25) is 0 Å². The fourth-order valence-corrected chi connectivity index (χ4v) is 2.57. The van der Waals surface area contributed by atoms with Crippen LogP contribution in [0.15, 0.2) is 28.7 Å². The van der Waals surface area contributed by atoms with Crippen molar-refractivity contribution in [2.75, 3.05) is 0 Å². The van der Waals surface area contributed by atoms with Gasteiger partial charge in [-0.2, -0.15) is 5.10 Å². The fourth-order valence-electron chi connectivity index (χ4n) is 2.16. The van der Waals surface area contributed by atoms with Crippen molar-refractivity contribution in [3.63, 3.8) is 0 Å². The van der Waals surface area contributed by atoms with Gasteiger partial charge in [-0.3, -0.25) is 4.68 Å². The number of halogens is 2. The van der Waals surface area contributed by atoms with Crippen molar-refractivity contribution in [2.24, 2.45) is 5.73 Å². The highest BCUT2D eigenvalue weighted by Gasteiger charge is 2.15. The zero-order valence-corrected chi connectivity index (χ0v) is 12.6. The first-order valence-corrected chi connectivity index (χ1v) is 7.04. The van der Waals surface area contributed by atoms with Gasteiger partial charge >= 0.3 is 0 Å². The Hall–Kier alpha value is -1.20. The Bertz CT molecular complexity index is 580. The summed E-state index contributed by atoms with van der Waals surface area (Å²) in [5, 5.41) is 4.38. The maximum Gasteiger partial charge on any atom is 0.123 e. The van der Waals surface area contributed by atoms with E-state index in [0.717, 1.165) is 28.0 Å². The van der Waals surface area contributed by atoms with Gasteiger partial charge in [0, 0.05) is 11.0 Å². The van der Waals surface area contributed by atoms with E-state index in [1.807, 2.05) is 24.6 Å². The average Bonchev–Trinajstić information content (AvgIpc) is 2.75. The van der Waals surface area contributed by atoms with E-state index in [1.165, 1.54) is 12.1 Å². The Kier molecular flexibility index (Phi) is 4.37. The maximum atomic E-state index is 13.3. The third-order valence-electron chi connectivity index (χ3n) is 3.06. The summed E-state index contributed by atoms with van der Waals surface area (Å²) in [6.45, 7) is 4.75. The topological polar surface area (TPSA) is 43.8 Å². The summed E-state index contributed by atoms with van der Waals surface area (Å²) < 4.78 is 16.0. The van der Waals surface area contributed by atoms with Gasteiger partial charge in [0.2, 0.25) is 0 Å².